The summed E-state index contributed by atoms with van der Waals surface area (Å²) in [5.41, 5.74) is -0.443. The van der Waals surface area contributed by atoms with Crippen LogP contribution in [0.4, 0.5) is 8.78 Å². The number of fused-ring (bicyclic) bond motifs is 1. The van der Waals surface area contributed by atoms with Gasteiger partial charge in [0.25, 0.3) is 6.43 Å². The van der Waals surface area contributed by atoms with Crippen LogP contribution in [0.25, 0.3) is 0 Å². The number of hydrogen-bond acceptors (Lipinski definition) is 7. The lowest BCUT2D eigenvalue weighted by Gasteiger charge is -2.45. The highest BCUT2D eigenvalue weighted by Gasteiger charge is 2.54. The van der Waals surface area contributed by atoms with E-state index < -0.39 is 42.0 Å². The molecular weight excluding hydrogens is 596 g/mol. The molecule has 10 nitrogen and oxygen atoms in total. The Kier molecular flexibility index (Phi) is 7.42. The van der Waals surface area contributed by atoms with Gasteiger partial charge in [-0.15, -0.1) is 5.10 Å². The summed E-state index contributed by atoms with van der Waals surface area (Å²) < 4.78 is 56.8. The molecule has 1 saturated heterocycles. The van der Waals surface area contributed by atoms with Crippen LogP contribution in [0.5, 0.6) is 5.75 Å². The molecule has 2 aromatic rings. The number of methoxy groups -OCH3 is 1. The monoisotopic (exact) mass is 635 g/mol. The number of carbonyl (C=O) groups is 3. The maximum absolute atomic E-state index is 14.7. The fourth-order valence-corrected chi connectivity index (χ4v) is 7.44. The molecular formula is C31H38ClF2N5O5. The first-order chi connectivity index (χ1) is 21.7. The first-order valence-electron chi connectivity index (χ1n) is 16.0. The molecule has 3 atom stereocenters. The minimum absolute atomic E-state index is 0.0175. The molecule has 6 rings (SSSR count). The smallest absolute Gasteiger partial charge is 0.312 e. The van der Waals surface area contributed by atoms with Gasteiger partial charge in [-0.25, -0.2) is 13.5 Å². The van der Waals surface area contributed by atoms with Crippen LogP contribution in [0.1, 0.15) is 89.5 Å². The van der Waals surface area contributed by atoms with Crippen molar-refractivity contribution in [2.24, 2.45) is 23.8 Å². The number of likely N-dealkylation sites (tertiary alicyclic amines) is 1. The Morgan fingerprint density at radius 3 is 2.73 bits per heavy atom. The lowest BCUT2D eigenvalue weighted by molar-refractivity contribution is -0.165. The zero-order valence-electron chi connectivity index (χ0n) is 27.1. The van der Waals surface area contributed by atoms with E-state index in [1.54, 1.807) is 28.9 Å². The van der Waals surface area contributed by atoms with Gasteiger partial charge < -0.3 is 19.3 Å². The molecule has 13 heteroatoms. The van der Waals surface area contributed by atoms with Crippen molar-refractivity contribution in [2.75, 3.05) is 26.7 Å². The number of esters is 1. The minimum atomic E-state index is -2.82. The maximum Gasteiger partial charge on any atom is 0.312 e. The van der Waals surface area contributed by atoms with E-state index in [0.717, 1.165) is 17.5 Å². The highest BCUT2D eigenvalue weighted by atomic mass is 35.5. The van der Waals surface area contributed by atoms with E-state index in [1.807, 2.05) is 0 Å². The van der Waals surface area contributed by atoms with E-state index in [1.165, 1.54) is 14.2 Å². The van der Waals surface area contributed by atoms with Crippen molar-refractivity contribution in [3.05, 3.63) is 39.7 Å². The standard InChI is InChI=1S/C31H38ClF2N5O5/c1-30(29(42)43-3)10-5-4-6-19(30)28(41)39-13-9-18-20(32)7-8-23(44-16-21-26(27(33)34)37(2)36-35-21)25(18)22(39)15-38-17-31(11-12-31)14-24(38)40/h7-8,19,22,27H,4-6,9-17H2,1-3H3/t19-,22+,30-/m0/s1/i4D2. The Hall–Kier alpha value is -3.28. The van der Waals surface area contributed by atoms with Gasteiger partial charge in [0.1, 0.15) is 23.7 Å². The lowest BCUT2D eigenvalue weighted by atomic mass is 9.66. The molecule has 0 unspecified atom stereocenters. The first kappa shape index (κ1) is 28.2. The average molecular weight is 636 g/mol. The quantitative estimate of drug-likeness (QED) is 0.384. The zero-order valence-corrected chi connectivity index (χ0v) is 25.8. The van der Waals surface area contributed by atoms with Crippen molar-refractivity contribution in [3.63, 3.8) is 0 Å². The van der Waals surface area contributed by atoms with Crippen LogP contribution in [-0.2, 0) is 39.2 Å². The van der Waals surface area contributed by atoms with Gasteiger partial charge >= 0.3 is 5.97 Å². The van der Waals surface area contributed by atoms with Crippen molar-refractivity contribution in [1.82, 2.24) is 24.8 Å². The molecule has 2 aliphatic carbocycles. The summed E-state index contributed by atoms with van der Waals surface area (Å²) in [6, 6.07) is 2.51. The van der Waals surface area contributed by atoms with Crippen LogP contribution in [-0.4, -0.2) is 69.3 Å². The van der Waals surface area contributed by atoms with Crippen LogP contribution in [0.15, 0.2) is 12.1 Å². The molecule has 2 aliphatic heterocycles. The highest BCUT2D eigenvalue weighted by molar-refractivity contribution is 6.31. The molecule has 2 amide bonds. The summed E-state index contributed by atoms with van der Waals surface area (Å²) in [5, 5.41) is 8.01. The Morgan fingerprint density at radius 1 is 1.27 bits per heavy atom. The van der Waals surface area contributed by atoms with E-state index in [2.05, 4.69) is 10.3 Å². The number of ether oxygens (including phenoxy) is 2. The molecule has 2 saturated carbocycles. The number of halogens is 3. The summed E-state index contributed by atoms with van der Waals surface area (Å²) in [7, 11) is 2.63. The summed E-state index contributed by atoms with van der Waals surface area (Å²) in [5.74, 6) is -1.73. The third-order valence-corrected chi connectivity index (χ3v) is 10.4. The first-order valence-corrected chi connectivity index (χ1v) is 15.3. The number of benzene rings is 1. The zero-order chi connectivity index (χ0) is 33.2. The molecule has 1 spiro atoms. The number of hydrogen-bond donors (Lipinski definition) is 0. The second-order valence-corrected chi connectivity index (χ2v) is 13.1. The van der Waals surface area contributed by atoms with Gasteiger partial charge in [0, 0.05) is 46.4 Å². The van der Waals surface area contributed by atoms with E-state index in [4.69, 9.17) is 23.8 Å². The Bertz CT molecular complexity index is 1570. The van der Waals surface area contributed by atoms with Crippen LogP contribution < -0.4 is 4.74 Å². The van der Waals surface area contributed by atoms with Crippen molar-refractivity contribution in [1.29, 1.82) is 0 Å². The Balaban J connectivity index is 1.40. The molecule has 1 aromatic heterocycles. The molecule has 0 radical (unpaired) electrons. The van der Waals surface area contributed by atoms with Gasteiger partial charge in [-0.05, 0) is 62.1 Å². The number of rotatable bonds is 8. The van der Waals surface area contributed by atoms with E-state index in [9.17, 15) is 23.2 Å². The van der Waals surface area contributed by atoms with E-state index in [-0.39, 0.29) is 61.7 Å². The topological polar surface area (TPSA) is 107 Å². The number of alkyl halides is 2. The third-order valence-electron chi connectivity index (χ3n) is 10.0. The minimum Gasteiger partial charge on any atom is -0.487 e. The van der Waals surface area contributed by atoms with Crippen LogP contribution in [0, 0.1) is 16.7 Å². The third kappa shape index (κ3) is 5.32. The number of nitrogens with zero attached hydrogens (tertiary/aromatic N) is 5. The van der Waals surface area contributed by atoms with E-state index >= 15 is 0 Å². The number of amides is 2. The molecule has 0 N–H and O–H groups in total. The van der Waals surface area contributed by atoms with Gasteiger partial charge in [0.05, 0.1) is 24.5 Å². The molecule has 3 heterocycles. The van der Waals surface area contributed by atoms with Crippen molar-refractivity contribution in [2.45, 2.75) is 77.3 Å². The van der Waals surface area contributed by atoms with Gasteiger partial charge in [-0.2, -0.15) is 0 Å². The predicted molar refractivity (Wildman–Crippen MR) is 155 cm³/mol. The molecule has 3 fully saturated rings. The molecule has 44 heavy (non-hydrogen) atoms. The molecule has 1 aromatic carbocycles. The van der Waals surface area contributed by atoms with Crippen LogP contribution >= 0.6 is 11.6 Å². The normalized spacial score (nSPS) is 27.7. The Morgan fingerprint density at radius 2 is 2.05 bits per heavy atom. The number of aromatic nitrogens is 3. The van der Waals surface area contributed by atoms with Gasteiger partial charge in [0.2, 0.25) is 11.8 Å². The summed E-state index contributed by atoms with van der Waals surface area (Å²) in [6.07, 6.45) is -1.74. The Labute approximate surface area is 262 Å². The molecule has 238 valence electrons. The van der Waals surface area contributed by atoms with Crippen molar-refractivity contribution >= 4 is 29.4 Å². The highest BCUT2D eigenvalue weighted by Crippen LogP contribution is 2.54. The fraction of sp³-hybridized carbons (Fsp3) is 0.645. The average Bonchev–Trinajstić information content (AvgIpc) is 3.54. The lowest BCUT2D eigenvalue weighted by Crippen LogP contribution is -2.53. The summed E-state index contributed by atoms with van der Waals surface area (Å²) in [4.78, 5) is 44.4. The van der Waals surface area contributed by atoms with Crippen LogP contribution in [0.2, 0.25) is 5.02 Å². The van der Waals surface area contributed by atoms with Crippen molar-refractivity contribution in [3.8, 4) is 5.75 Å². The van der Waals surface area contributed by atoms with Gasteiger partial charge in [0.15, 0.2) is 0 Å². The summed E-state index contributed by atoms with van der Waals surface area (Å²) in [6.45, 7) is 2.23. The molecule has 4 aliphatic rings. The number of aryl methyl sites for hydroxylation is 1. The van der Waals surface area contributed by atoms with Gasteiger partial charge in [-0.1, -0.05) is 29.6 Å². The maximum atomic E-state index is 14.7. The van der Waals surface area contributed by atoms with Gasteiger partial charge in [-0.3, -0.25) is 14.4 Å². The van der Waals surface area contributed by atoms with Crippen molar-refractivity contribution < 1.29 is 35.4 Å². The summed E-state index contributed by atoms with van der Waals surface area (Å²) >= 11 is 6.71. The largest absolute Gasteiger partial charge is 0.487 e. The SMILES string of the molecule is [2H]C1([2H])CC[C@](C)(C(=O)OC)[C@H](C(=O)N2CCc3c(Cl)ccc(OCc4nnn(C)c4C(F)F)c3[C@H]2CN2CC3(CC3)CC2=O)C1. The second kappa shape index (κ2) is 11.6. The fourth-order valence-electron chi connectivity index (χ4n) is 7.18. The van der Waals surface area contributed by atoms with E-state index in [0.29, 0.717) is 41.3 Å². The molecule has 0 bridgehead atoms. The van der Waals surface area contributed by atoms with Crippen LogP contribution in [0.3, 0.4) is 0 Å². The second-order valence-electron chi connectivity index (χ2n) is 12.7. The number of carbonyl (C=O) groups excluding carboxylic acids is 3. The predicted octanol–water partition coefficient (Wildman–Crippen LogP) is 4.79.